The summed E-state index contributed by atoms with van der Waals surface area (Å²) in [4.78, 5) is 16.8. The number of nitrogens with zero attached hydrogens (tertiary/aromatic N) is 1. The van der Waals surface area contributed by atoms with Gasteiger partial charge >= 0.3 is 0 Å². The Morgan fingerprint density at radius 3 is 2.93 bits per heavy atom. The van der Waals surface area contributed by atoms with Crippen LogP contribution in [-0.4, -0.2) is 36.7 Å². The molecule has 152 valence electrons. The minimum absolute atomic E-state index is 0.240. The van der Waals surface area contributed by atoms with Gasteiger partial charge in [0.25, 0.3) is 0 Å². The Morgan fingerprint density at radius 2 is 2.03 bits per heavy atom. The Balaban J connectivity index is 1.33. The molecule has 0 bridgehead atoms. The van der Waals surface area contributed by atoms with Gasteiger partial charge in [0.05, 0.1) is 5.69 Å². The quantitative estimate of drug-likeness (QED) is 0.524. The number of anilines is 1. The molecule has 0 spiro atoms. The van der Waals surface area contributed by atoms with Crippen LogP contribution in [-0.2, 0) is 0 Å². The third-order valence-corrected chi connectivity index (χ3v) is 8.22. The van der Waals surface area contributed by atoms with Crippen LogP contribution >= 0.6 is 11.8 Å². The van der Waals surface area contributed by atoms with Crippen molar-refractivity contribution in [1.82, 2.24) is 5.32 Å². The van der Waals surface area contributed by atoms with Gasteiger partial charge in [-0.05, 0) is 49.6 Å². The summed E-state index contributed by atoms with van der Waals surface area (Å²) in [7, 11) is 0. The van der Waals surface area contributed by atoms with Gasteiger partial charge in [0, 0.05) is 41.4 Å². The standard InChI is InChI=1S/C25H30N2OS/c28-22(19-8-2-1-3-9-19)11-4-5-13-25-14-15-26-18-21(25)20-10-6-12-23-24(20)27(25)16-7-17-29-23/h1-3,6,8-10,12,21,26H,4-5,7,11,13-18H2. The number of thioether (sulfide) groups is 1. The first-order valence-electron chi connectivity index (χ1n) is 11.1. The molecular weight excluding hydrogens is 376 g/mol. The summed E-state index contributed by atoms with van der Waals surface area (Å²) in [5.41, 5.74) is 4.19. The first-order valence-corrected chi connectivity index (χ1v) is 12.1. The Kier molecular flexibility index (Phi) is 5.40. The van der Waals surface area contributed by atoms with Crippen LogP contribution in [0.1, 0.15) is 60.4 Å². The highest BCUT2D eigenvalue weighted by Crippen LogP contribution is 2.56. The van der Waals surface area contributed by atoms with Crippen molar-refractivity contribution < 1.29 is 4.79 Å². The van der Waals surface area contributed by atoms with Crippen LogP contribution in [0.2, 0.25) is 0 Å². The summed E-state index contributed by atoms with van der Waals surface area (Å²) in [6, 6.07) is 16.7. The van der Waals surface area contributed by atoms with Crippen LogP contribution in [0, 0.1) is 0 Å². The molecular formula is C25H30N2OS. The molecule has 2 atom stereocenters. The predicted octanol–water partition coefficient (Wildman–Crippen LogP) is 5.26. The second-order valence-corrected chi connectivity index (χ2v) is 9.79. The zero-order valence-corrected chi connectivity index (χ0v) is 17.8. The Hall–Kier alpha value is -1.78. The van der Waals surface area contributed by atoms with E-state index in [0.29, 0.717) is 12.3 Å². The Labute approximate surface area is 178 Å². The summed E-state index contributed by atoms with van der Waals surface area (Å²) in [6.07, 6.45) is 6.44. The van der Waals surface area contributed by atoms with Gasteiger partial charge in [-0.3, -0.25) is 4.79 Å². The van der Waals surface area contributed by atoms with Gasteiger partial charge in [0.2, 0.25) is 0 Å². The van der Waals surface area contributed by atoms with Crippen molar-refractivity contribution >= 4 is 23.2 Å². The van der Waals surface area contributed by atoms with Gasteiger partial charge in [-0.25, -0.2) is 0 Å². The molecule has 0 radical (unpaired) electrons. The minimum atomic E-state index is 0.240. The Bertz CT molecular complexity index is 884. The summed E-state index contributed by atoms with van der Waals surface area (Å²) < 4.78 is 0. The summed E-state index contributed by atoms with van der Waals surface area (Å²) >= 11 is 2.03. The lowest BCUT2D eigenvalue weighted by Crippen LogP contribution is -2.56. The number of ketones is 1. The average Bonchev–Trinajstić information content (AvgIpc) is 2.89. The molecule has 2 unspecified atom stereocenters. The van der Waals surface area contributed by atoms with E-state index in [2.05, 4.69) is 28.4 Å². The van der Waals surface area contributed by atoms with Gasteiger partial charge in [-0.2, -0.15) is 0 Å². The van der Waals surface area contributed by atoms with Crippen LogP contribution in [0.15, 0.2) is 53.4 Å². The first kappa shape index (κ1) is 19.2. The molecule has 2 aromatic carbocycles. The average molecular weight is 407 g/mol. The zero-order chi connectivity index (χ0) is 19.7. The van der Waals surface area contributed by atoms with E-state index in [1.807, 2.05) is 42.1 Å². The fourth-order valence-corrected chi connectivity index (χ4v) is 6.78. The summed E-state index contributed by atoms with van der Waals surface area (Å²) in [6.45, 7) is 3.36. The number of fused-ring (bicyclic) bond motifs is 3. The second-order valence-electron chi connectivity index (χ2n) is 8.65. The highest BCUT2D eigenvalue weighted by atomic mass is 32.2. The lowest BCUT2D eigenvalue weighted by Gasteiger charge is -2.47. The molecule has 3 aliphatic rings. The number of Topliss-reactive ketones (excluding diaryl/α,β-unsaturated/α-hetero) is 1. The number of nitrogens with one attached hydrogen (secondary N) is 1. The third-order valence-electron chi connectivity index (χ3n) is 7.09. The van der Waals surface area contributed by atoms with Crippen molar-refractivity contribution in [2.45, 2.75) is 54.9 Å². The molecule has 5 rings (SSSR count). The number of benzene rings is 2. The first-order chi connectivity index (χ1) is 14.3. The Morgan fingerprint density at radius 1 is 1.14 bits per heavy atom. The SMILES string of the molecule is O=C(CCCCC12CCNCC1c1cccc3c1N2CCCS3)c1ccccc1. The van der Waals surface area contributed by atoms with E-state index in [0.717, 1.165) is 31.5 Å². The number of unbranched alkanes of at least 4 members (excludes halogenated alkanes) is 1. The number of rotatable bonds is 6. The minimum Gasteiger partial charge on any atom is -0.364 e. The van der Waals surface area contributed by atoms with Crippen LogP contribution in [0.5, 0.6) is 0 Å². The normalized spacial score (nSPS) is 25.2. The molecule has 2 aromatic rings. The lowest BCUT2D eigenvalue weighted by molar-refractivity contribution is 0.0977. The number of carbonyl (C=O) groups is 1. The molecule has 3 nitrogen and oxygen atoms in total. The van der Waals surface area contributed by atoms with Crippen LogP contribution in [0.4, 0.5) is 5.69 Å². The van der Waals surface area contributed by atoms with Crippen LogP contribution < -0.4 is 10.2 Å². The molecule has 0 aromatic heterocycles. The van der Waals surface area contributed by atoms with E-state index in [-0.39, 0.29) is 11.3 Å². The van der Waals surface area contributed by atoms with Gasteiger partial charge in [-0.1, -0.05) is 48.9 Å². The van der Waals surface area contributed by atoms with Crippen molar-refractivity contribution in [2.75, 3.05) is 30.3 Å². The lowest BCUT2D eigenvalue weighted by atomic mass is 9.74. The molecule has 0 amide bonds. The maximum atomic E-state index is 12.5. The van der Waals surface area contributed by atoms with Gasteiger partial charge in [0.1, 0.15) is 0 Å². The fraction of sp³-hybridized carbons (Fsp3) is 0.480. The van der Waals surface area contributed by atoms with Crippen molar-refractivity contribution in [1.29, 1.82) is 0 Å². The van der Waals surface area contributed by atoms with E-state index < -0.39 is 0 Å². The van der Waals surface area contributed by atoms with Crippen LogP contribution in [0.3, 0.4) is 0 Å². The smallest absolute Gasteiger partial charge is 0.162 e. The molecule has 1 fully saturated rings. The van der Waals surface area contributed by atoms with E-state index in [4.69, 9.17) is 0 Å². The number of hydrogen-bond donors (Lipinski definition) is 1. The number of para-hydroxylation sites is 1. The van der Waals surface area contributed by atoms with Crippen molar-refractivity contribution in [3.05, 3.63) is 59.7 Å². The molecule has 29 heavy (non-hydrogen) atoms. The molecule has 1 saturated heterocycles. The van der Waals surface area contributed by atoms with E-state index in [1.54, 1.807) is 5.56 Å². The second kappa shape index (κ2) is 8.16. The molecule has 3 heterocycles. The highest BCUT2D eigenvalue weighted by molar-refractivity contribution is 7.99. The predicted molar refractivity (Wildman–Crippen MR) is 121 cm³/mol. The van der Waals surface area contributed by atoms with E-state index in [1.165, 1.54) is 42.1 Å². The van der Waals surface area contributed by atoms with Gasteiger partial charge < -0.3 is 10.2 Å². The summed E-state index contributed by atoms with van der Waals surface area (Å²) in [5, 5.41) is 3.66. The monoisotopic (exact) mass is 406 g/mol. The van der Waals surface area contributed by atoms with E-state index in [9.17, 15) is 4.79 Å². The zero-order valence-electron chi connectivity index (χ0n) is 17.0. The molecule has 1 N–H and O–H groups in total. The summed E-state index contributed by atoms with van der Waals surface area (Å²) in [5.74, 6) is 2.08. The maximum absolute atomic E-state index is 12.5. The largest absolute Gasteiger partial charge is 0.364 e. The van der Waals surface area contributed by atoms with Gasteiger partial charge in [-0.15, -0.1) is 11.8 Å². The maximum Gasteiger partial charge on any atom is 0.162 e. The topological polar surface area (TPSA) is 32.3 Å². The van der Waals surface area contributed by atoms with Crippen molar-refractivity contribution in [3.8, 4) is 0 Å². The third kappa shape index (κ3) is 3.40. The molecule has 4 heteroatoms. The van der Waals surface area contributed by atoms with Gasteiger partial charge in [0.15, 0.2) is 5.78 Å². The number of hydrogen-bond acceptors (Lipinski definition) is 4. The highest BCUT2D eigenvalue weighted by Gasteiger charge is 2.52. The van der Waals surface area contributed by atoms with Crippen molar-refractivity contribution in [2.24, 2.45) is 0 Å². The molecule has 0 saturated carbocycles. The number of carbonyl (C=O) groups excluding carboxylic acids is 1. The molecule has 0 aliphatic carbocycles. The van der Waals surface area contributed by atoms with Crippen molar-refractivity contribution in [3.63, 3.8) is 0 Å². The van der Waals surface area contributed by atoms with E-state index >= 15 is 0 Å². The van der Waals surface area contributed by atoms with Crippen LogP contribution in [0.25, 0.3) is 0 Å². The fourth-order valence-electron chi connectivity index (χ4n) is 5.74. The molecule has 3 aliphatic heterocycles. The number of piperidine rings is 1.